The van der Waals surface area contributed by atoms with E-state index in [1.165, 1.54) is 18.2 Å². The molecule has 1 rings (SSSR count). The van der Waals surface area contributed by atoms with E-state index in [9.17, 15) is 9.18 Å². The number of benzene rings is 1. The summed E-state index contributed by atoms with van der Waals surface area (Å²) < 4.78 is 12.5. The minimum absolute atomic E-state index is 0.383. The van der Waals surface area contributed by atoms with Gasteiger partial charge < -0.3 is 5.73 Å². The van der Waals surface area contributed by atoms with Crippen molar-refractivity contribution in [3.8, 4) is 0 Å². The van der Waals surface area contributed by atoms with Crippen LogP contribution in [0.5, 0.6) is 0 Å². The minimum Gasteiger partial charge on any atom is -0.350 e. The Morgan fingerprint density at radius 3 is 2.83 bits per heavy atom. The van der Waals surface area contributed by atoms with Crippen LogP contribution >= 0.6 is 0 Å². The van der Waals surface area contributed by atoms with Gasteiger partial charge in [0.25, 0.3) is 0 Å². The summed E-state index contributed by atoms with van der Waals surface area (Å²) in [6.07, 6.45) is 0. The number of hydrogen-bond donors (Lipinski definition) is 3. The number of amides is 2. The van der Waals surface area contributed by atoms with Gasteiger partial charge in [0.2, 0.25) is 0 Å². The van der Waals surface area contributed by atoms with Crippen LogP contribution in [0.15, 0.2) is 24.3 Å². The van der Waals surface area contributed by atoms with Crippen molar-refractivity contribution in [1.82, 2.24) is 5.43 Å². The number of nitrogens with one attached hydrogen (secondary N) is 2. The average molecular weight is 169 g/mol. The van der Waals surface area contributed by atoms with Crippen molar-refractivity contribution in [2.24, 2.45) is 5.73 Å². The van der Waals surface area contributed by atoms with Crippen LogP contribution in [0.2, 0.25) is 0 Å². The molecule has 0 bridgehead atoms. The molecular weight excluding hydrogens is 161 g/mol. The van der Waals surface area contributed by atoms with E-state index in [1.54, 1.807) is 6.07 Å². The monoisotopic (exact) mass is 169 g/mol. The Balaban J connectivity index is 2.57. The summed E-state index contributed by atoms with van der Waals surface area (Å²) in [5.41, 5.74) is 9.74. The third-order valence-electron chi connectivity index (χ3n) is 1.15. The lowest BCUT2D eigenvalue weighted by Crippen LogP contribution is -2.34. The number of halogens is 1. The van der Waals surface area contributed by atoms with Crippen LogP contribution in [0.4, 0.5) is 14.9 Å². The third kappa shape index (κ3) is 2.45. The van der Waals surface area contributed by atoms with Gasteiger partial charge in [0.1, 0.15) is 5.82 Å². The normalized spacial score (nSPS) is 9.08. The maximum absolute atomic E-state index is 12.5. The molecule has 4 N–H and O–H groups in total. The van der Waals surface area contributed by atoms with Crippen LogP contribution in [0.1, 0.15) is 0 Å². The fourth-order valence-corrected chi connectivity index (χ4v) is 0.700. The van der Waals surface area contributed by atoms with Crippen molar-refractivity contribution in [1.29, 1.82) is 0 Å². The molecule has 64 valence electrons. The first-order valence-corrected chi connectivity index (χ1v) is 3.25. The molecule has 0 spiro atoms. The smallest absolute Gasteiger partial charge is 0.330 e. The van der Waals surface area contributed by atoms with Crippen molar-refractivity contribution < 1.29 is 9.18 Å². The summed E-state index contributed by atoms with van der Waals surface area (Å²) in [4.78, 5) is 10.2. The molecule has 0 atom stereocenters. The van der Waals surface area contributed by atoms with E-state index < -0.39 is 6.03 Å². The van der Waals surface area contributed by atoms with Gasteiger partial charge >= 0.3 is 6.03 Å². The molecule has 5 heteroatoms. The summed E-state index contributed by atoms with van der Waals surface area (Å²) in [5, 5.41) is 0. The van der Waals surface area contributed by atoms with Crippen LogP contribution < -0.4 is 16.6 Å². The van der Waals surface area contributed by atoms with Crippen LogP contribution in [0, 0.1) is 5.82 Å². The topological polar surface area (TPSA) is 67.2 Å². The highest BCUT2D eigenvalue weighted by Crippen LogP contribution is 2.06. The van der Waals surface area contributed by atoms with Crippen LogP contribution in [0.25, 0.3) is 0 Å². The molecule has 0 heterocycles. The van der Waals surface area contributed by atoms with Gasteiger partial charge in [-0.05, 0) is 18.2 Å². The molecule has 4 nitrogen and oxygen atoms in total. The Morgan fingerprint density at radius 1 is 1.50 bits per heavy atom. The van der Waals surface area contributed by atoms with Crippen molar-refractivity contribution in [2.75, 3.05) is 5.43 Å². The highest BCUT2D eigenvalue weighted by Gasteiger charge is 1.94. The Morgan fingerprint density at radius 2 is 2.25 bits per heavy atom. The van der Waals surface area contributed by atoms with E-state index in [4.69, 9.17) is 5.73 Å². The zero-order valence-corrected chi connectivity index (χ0v) is 6.17. The van der Waals surface area contributed by atoms with Gasteiger partial charge in [-0.2, -0.15) is 0 Å². The van der Waals surface area contributed by atoms with Gasteiger partial charge in [-0.25, -0.2) is 9.18 Å². The molecular formula is C7H8FN3O. The molecule has 0 aliphatic rings. The number of carbonyl (C=O) groups is 1. The van der Waals surface area contributed by atoms with E-state index in [0.717, 1.165) is 0 Å². The van der Waals surface area contributed by atoms with Crippen molar-refractivity contribution in [3.63, 3.8) is 0 Å². The number of carbonyl (C=O) groups excluding carboxylic acids is 1. The van der Waals surface area contributed by atoms with E-state index in [-0.39, 0.29) is 5.82 Å². The largest absolute Gasteiger partial charge is 0.350 e. The first kappa shape index (κ1) is 8.32. The highest BCUT2D eigenvalue weighted by atomic mass is 19.1. The fraction of sp³-hybridized carbons (Fsp3) is 0. The number of rotatable bonds is 2. The standard InChI is InChI=1S/C7H8FN3O/c8-5-2-1-3-6(4-5)10-11-7(9)12/h1-4,10H,(H3,9,11,12). The number of nitrogens with two attached hydrogens (primary N) is 1. The zero-order valence-electron chi connectivity index (χ0n) is 6.17. The molecule has 0 fully saturated rings. The van der Waals surface area contributed by atoms with Gasteiger partial charge in [0, 0.05) is 0 Å². The molecule has 0 unspecified atom stereocenters. The zero-order chi connectivity index (χ0) is 8.97. The van der Waals surface area contributed by atoms with E-state index in [1.807, 2.05) is 0 Å². The Labute approximate surface area is 68.5 Å². The molecule has 0 radical (unpaired) electrons. The van der Waals surface area contributed by atoms with E-state index >= 15 is 0 Å². The van der Waals surface area contributed by atoms with Crippen LogP contribution in [-0.2, 0) is 0 Å². The summed E-state index contributed by atoms with van der Waals surface area (Å²) in [6.45, 7) is 0. The van der Waals surface area contributed by atoms with Crippen LogP contribution in [0.3, 0.4) is 0 Å². The lowest BCUT2D eigenvalue weighted by molar-refractivity contribution is 0.250. The summed E-state index contributed by atoms with van der Waals surface area (Å²) in [6, 6.07) is 4.92. The van der Waals surface area contributed by atoms with Crippen molar-refractivity contribution >= 4 is 11.7 Å². The second-order valence-electron chi connectivity index (χ2n) is 2.12. The summed E-state index contributed by atoms with van der Waals surface area (Å²) >= 11 is 0. The number of hydrazine groups is 1. The Kier molecular flexibility index (Phi) is 2.47. The predicted molar refractivity (Wildman–Crippen MR) is 42.7 cm³/mol. The average Bonchev–Trinajstić information content (AvgIpc) is 2.01. The Bertz CT molecular complexity index is 290. The lowest BCUT2D eigenvalue weighted by Gasteiger charge is -2.04. The summed E-state index contributed by atoms with van der Waals surface area (Å²) in [7, 11) is 0. The van der Waals surface area contributed by atoms with E-state index in [2.05, 4.69) is 10.9 Å². The quantitative estimate of drug-likeness (QED) is 0.574. The molecule has 0 aliphatic heterocycles. The van der Waals surface area contributed by atoms with Crippen LogP contribution in [-0.4, -0.2) is 6.03 Å². The molecule has 0 aliphatic carbocycles. The summed E-state index contributed by atoms with van der Waals surface area (Å²) in [5.74, 6) is -0.383. The molecule has 12 heavy (non-hydrogen) atoms. The number of primary amides is 1. The van der Waals surface area contributed by atoms with Crippen molar-refractivity contribution in [2.45, 2.75) is 0 Å². The molecule has 0 saturated heterocycles. The first-order chi connectivity index (χ1) is 5.68. The van der Waals surface area contributed by atoms with Gasteiger partial charge in [-0.3, -0.25) is 10.9 Å². The maximum Gasteiger partial charge on any atom is 0.330 e. The van der Waals surface area contributed by atoms with Gasteiger partial charge in [0.05, 0.1) is 5.69 Å². The lowest BCUT2D eigenvalue weighted by atomic mass is 10.3. The number of hydrogen-bond acceptors (Lipinski definition) is 2. The number of anilines is 1. The first-order valence-electron chi connectivity index (χ1n) is 3.25. The predicted octanol–water partition coefficient (Wildman–Crippen LogP) is 0.821. The van der Waals surface area contributed by atoms with Crippen molar-refractivity contribution in [3.05, 3.63) is 30.1 Å². The van der Waals surface area contributed by atoms with E-state index in [0.29, 0.717) is 5.69 Å². The SMILES string of the molecule is NC(=O)NNc1cccc(F)c1. The number of urea groups is 1. The highest BCUT2D eigenvalue weighted by molar-refractivity contribution is 5.73. The second kappa shape index (κ2) is 3.56. The molecule has 1 aromatic carbocycles. The molecule has 2 amide bonds. The fourth-order valence-electron chi connectivity index (χ4n) is 0.700. The molecule has 1 aromatic rings. The minimum atomic E-state index is -0.723. The van der Waals surface area contributed by atoms with Gasteiger partial charge in [-0.15, -0.1) is 0 Å². The van der Waals surface area contributed by atoms with Gasteiger partial charge in [0.15, 0.2) is 0 Å². The Hall–Kier alpha value is -1.78. The third-order valence-corrected chi connectivity index (χ3v) is 1.15. The maximum atomic E-state index is 12.5. The second-order valence-corrected chi connectivity index (χ2v) is 2.12. The van der Waals surface area contributed by atoms with Gasteiger partial charge in [-0.1, -0.05) is 6.07 Å². The molecule has 0 aromatic heterocycles. The molecule has 0 saturated carbocycles.